The first kappa shape index (κ1) is 20.4. The predicted octanol–water partition coefficient (Wildman–Crippen LogP) is 1.05. The standard InChI is InChI=1S/C18H26N2O5S2/c1-12(2)8-19(14-5-6-27(24,25)11-14)16(22)9-20-17(23)10-26-18(20)7-15(21)13-3-4-13/h7,12-14H,3-6,8-11H2,1-2H3/b18-7-. The number of thioether (sulfide) groups is 1. The van der Waals surface area contributed by atoms with Crippen LogP contribution in [0.3, 0.4) is 0 Å². The Balaban J connectivity index is 1.73. The topological polar surface area (TPSA) is 91.8 Å². The Morgan fingerprint density at radius 2 is 2.00 bits per heavy atom. The predicted molar refractivity (Wildman–Crippen MR) is 104 cm³/mol. The first-order valence-corrected chi connectivity index (χ1v) is 12.2. The monoisotopic (exact) mass is 414 g/mol. The van der Waals surface area contributed by atoms with Crippen LogP contribution in [0.4, 0.5) is 0 Å². The quantitative estimate of drug-likeness (QED) is 0.579. The Bertz CT molecular complexity index is 771. The lowest BCUT2D eigenvalue weighted by Gasteiger charge is -2.31. The van der Waals surface area contributed by atoms with Gasteiger partial charge in [0.1, 0.15) is 6.54 Å². The molecule has 9 heteroatoms. The molecule has 3 rings (SSSR count). The van der Waals surface area contributed by atoms with Gasteiger partial charge in [0.2, 0.25) is 11.8 Å². The van der Waals surface area contributed by atoms with E-state index in [1.54, 1.807) is 4.90 Å². The van der Waals surface area contributed by atoms with Crippen molar-refractivity contribution >= 4 is 39.2 Å². The number of amides is 2. The van der Waals surface area contributed by atoms with Crippen molar-refractivity contribution in [3.63, 3.8) is 0 Å². The van der Waals surface area contributed by atoms with E-state index in [-0.39, 0.29) is 59.3 Å². The molecule has 150 valence electrons. The molecule has 0 aromatic heterocycles. The Labute approximate surface area is 164 Å². The van der Waals surface area contributed by atoms with E-state index in [0.29, 0.717) is 18.0 Å². The molecule has 1 unspecified atom stereocenters. The number of allylic oxidation sites excluding steroid dienone is 1. The van der Waals surface area contributed by atoms with Gasteiger partial charge in [-0.25, -0.2) is 8.42 Å². The number of carbonyl (C=O) groups excluding carboxylic acids is 3. The van der Waals surface area contributed by atoms with Gasteiger partial charge in [0.05, 0.1) is 22.3 Å². The van der Waals surface area contributed by atoms with Crippen LogP contribution in [0.5, 0.6) is 0 Å². The summed E-state index contributed by atoms with van der Waals surface area (Å²) in [7, 11) is -3.11. The Morgan fingerprint density at radius 1 is 1.30 bits per heavy atom. The van der Waals surface area contributed by atoms with Gasteiger partial charge in [-0.05, 0) is 25.2 Å². The fourth-order valence-corrected chi connectivity index (χ4v) is 6.08. The molecule has 1 saturated carbocycles. The zero-order valence-electron chi connectivity index (χ0n) is 15.7. The van der Waals surface area contributed by atoms with Crippen molar-refractivity contribution in [1.29, 1.82) is 0 Å². The number of hydrogen-bond donors (Lipinski definition) is 0. The third-order valence-corrected chi connectivity index (χ3v) is 7.76. The third kappa shape index (κ3) is 5.13. The zero-order valence-corrected chi connectivity index (χ0v) is 17.4. The van der Waals surface area contributed by atoms with Crippen LogP contribution >= 0.6 is 11.8 Å². The Kier molecular flexibility index (Phi) is 6.00. The minimum atomic E-state index is -3.11. The maximum Gasteiger partial charge on any atom is 0.242 e. The van der Waals surface area contributed by atoms with Gasteiger partial charge in [0.15, 0.2) is 15.6 Å². The van der Waals surface area contributed by atoms with Crippen molar-refractivity contribution in [2.75, 3.05) is 30.3 Å². The van der Waals surface area contributed by atoms with Crippen molar-refractivity contribution in [2.24, 2.45) is 11.8 Å². The van der Waals surface area contributed by atoms with Gasteiger partial charge in [-0.3, -0.25) is 19.3 Å². The number of nitrogens with zero attached hydrogens (tertiary/aromatic N) is 2. The normalized spacial score (nSPS) is 26.2. The third-order valence-electron chi connectivity index (χ3n) is 4.98. The van der Waals surface area contributed by atoms with E-state index >= 15 is 0 Å². The molecule has 3 aliphatic rings. The summed E-state index contributed by atoms with van der Waals surface area (Å²) in [5.74, 6) is 0.124. The van der Waals surface area contributed by atoms with Gasteiger partial charge in [-0.1, -0.05) is 25.6 Å². The fourth-order valence-electron chi connectivity index (χ4n) is 3.40. The SMILES string of the molecule is CC(C)CN(C(=O)CN1C(=O)CS/C1=C\C(=O)C1CC1)C1CCS(=O)(=O)C1. The molecule has 3 fully saturated rings. The Morgan fingerprint density at radius 3 is 2.56 bits per heavy atom. The fraction of sp³-hybridized carbons (Fsp3) is 0.722. The van der Waals surface area contributed by atoms with E-state index in [1.807, 2.05) is 13.8 Å². The van der Waals surface area contributed by atoms with Gasteiger partial charge in [-0.2, -0.15) is 0 Å². The maximum absolute atomic E-state index is 13.0. The highest BCUT2D eigenvalue weighted by Crippen LogP contribution is 2.34. The smallest absolute Gasteiger partial charge is 0.242 e. The van der Waals surface area contributed by atoms with Crippen molar-refractivity contribution in [3.8, 4) is 0 Å². The summed E-state index contributed by atoms with van der Waals surface area (Å²) in [4.78, 5) is 40.3. The molecule has 0 N–H and O–H groups in total. The highest BCUT2D eigenvalue weighted by Gasteiger charge is 2.38. The van der Waals surface area contributed by atoms with Gasteiger partial charge in [0, 0.05) is 24.6 Å². The van der Waals surface area contributed by atoms with Crippen molar-refractivity contribution in [1.82, 2.24) is 9.80 Å². The molecule has 0 radical (unpaired) electrons. The molecule has 0 spiro atoms. The second-order valence-electron chi connectivity index (χ2n) is 7.92. The number of sulfone groups is 1. The summed E-state index contributed by atoms with van der Waals surface area (Å²) < 4.78 is 23.7. The van der Waals surface area contributed by atoms with Crippen LogP contribution in [0, 0.1) is 11.8 Å². The van der Waals surface area contributed by atoms with E-state index in [2.05, 4.69) is 0 Å². The van der Waals surface area contributed by atoms with Crippen LogP contribution in [0.2, 0.25) is 0 Å². The first-order valence-electron chi connectivity index (χ1n) is 9.35. The van der Waals surface area contributed by atoms with Gasteiger partial charge in [-0.15, -0.1) is 0 Å². The molecule has 7 nitrogen and oxygen atoms in total. The summed E-state index contributed by atoms with van der Waals surface area (Å²) in [5.41, 5.74) is 0. The summed E-state index contributed by atoms with van der Waals surface area (Å²) in [5, 5.41) is 0.536. The molecular formula is C18H26N2O5S2. The molecule has 0 aromatic rings. The van der Waals surface area contributed by atoms with Gasteiger partial charge in [0.25, 0.3) is 0 Å². The number of carbonyl (C=O) groups is 3. The molecule has 0 bridgehead atoms. The minimum Gasteiger partial charge on any atom is -0.337 e. The molecular weight excluding hydrogens is 388 g/mol. The average Bonchev–Trinajstić information content (AvgIpc) is 3.30. The van der Waals surface area contributed by atoms with Crippen LogP contribution in [0.25, 0.3) is 0 Å². The average molecular weight is 415 g/mol. The summed E-state index contributed by atoms with van der Waals surface area (Å²) >= 11 is 1.28. The van der Waals surface area contributed by atoms with E-state index in [0.717, 1.165) is 12.8 Å². The van der Waals surface area contributed by atoms with E-state index in [4.69, 9.17) is 0 Å². The maximum atomic E-state index is 13.0. The molecule has 27 heavy (non-hydrogen) atoms. The van der Waals surface area contributed by atoms with Crippen LogP contribution in [-0.4, -0.2) is 72.2 Å². The highest BCUT2D eigenvalue weighted by molar-refractivity contribution is 8.04. The molecule has 2 amide bonds. The second-order valence-corrected chi connectivity index (χ2v) is 11.1. The van der Waals surface area contributed by atoms with E-state index in [9.17, 15) is 22.8 Å². The van der Waals surface area contributed by atoms with Crippen LogP contribution in [0.1, 0.15) is 33.1 Å². The largest absolute Gasteiger partial charge is 0.337 e. The molecule has 1 atom stereocenters. The number of ketones is 1. The minimum absolute atomic E-state index is 0.0168. The van der Waals surface area contributed by atoms with Crippen LogP contribution in [0.15, 0.2) is 11.1 Å². The molecule has 2 aliphatic heterocycles. The number of hydrogen-bond acceptors (Lipinski definition) is 6. The first-order chi connectivity index (χ1) is 12.7. The Hall–Kier alpha value is -1.35. The highest BCUT2D eigenvalue weighted by atomic mass is 32.2. The van der Waals surface area contributed by atoms with Crippen molar-refractivity contribution in [2.45, 2.75) is 39.2 Å². The molecule has 1 aliphatic carbocycles. The lowest BCUT2D eigenvalue weighted by molar-refractivity contribution is -0.138. The van der Waals surface area contributed by atoms with E-state index < -0.39 is 9.84 Å². The summed E-state index contributed by atoms with van der Waals surface area (Å²) in [6.45, 7) is 4.26. The second kappa shape index (κ2) is 7.95. The summed E-state index contributed by atoms with van der Waals surface area (Å²) in [6, 6.07) is -0.337. The summed E-state index contributed by atoms with van der Waals surface area (Å²) in [6.07, 6.45) is 3.70. The van der Waals surface area contributed by atoms with E-state index in [1.165, 1.54) is 22.7 Å². The number of rotatable bonds is 7. The molecule has 2 saturated heterocycles. The zero-order chi connectivity index (χ0) is 19.8. The molecule has 2 heterocycles. The lowest BCUT2D eigenvalue weighted by Crippen LogP contribution is -2.47. The van der Waals surface area contributed by atoms with Crippen LogP contribution in [-0.2, 0) is 24.2 Å². The lowest BCUT2D eigenvalue weighted by atomic mass is 10.1. The van der Waals surface area contributed by atoms with Gasteiger partial charge < -0.3 is 4.90 Å². The molecule has 0 aromatic carbocycles. The van der Waals surface area contributed by atoms with Crippen molar-refractivity contribution < 1.29 is 22.8 Å². The van der Waals surface area contributed by atoms with Crippen LogP contribution < -0.4 is 0 Å². The van der Waals surface area contributed by atoms with Crippen molar-refractivity contribution in [3.05, 3.63) is 11.1 Å². The van der Waals surface area contributed by atoms with Gasteiger partial charge >= 0.3 is 0 Å².